The highest BCUT2D eigenvalue weighted by atomic mass is 16.6. The van der Waals surface area contributed by atoms with Crippen molar-refractivity contribution in [2.75, 3.05) is 7.11 Å². The second-order valence-electron chi connectivity index (χ2n) is 4.26. The van der Waals surface area contributed by atoms with E-state index < -0.39 is 6.09 Å². The van der Waals surface area contributed by atoms with Crippen molar-refractivity contribution in [3.05, 3.63) is 29.8 Å². The van der Waals surface area contributed by atoms with Gasteiger partial charge < -0.3 is 9.47 Å². The van der Waals surface area contributed by atoms with Crippen LogP contribution in [0.15, 0.2) is 29.4 Å². The zero-order chi connectivity index (χ0) is 15.0. The first-order valence-corrected chi connectivity index (χ1v) is 6.09. The van der Waals surface area contributed by atoms with E-state index in [9.17, 15) is 9.59 Å². The number of amides is 1. The number of methoxy groups -OCH3 is 1. The highest BCUT2D eigenvalue weighted by molar-refractivity contribution is 5.99. The second-order valence-corrected chi connectivity index (χ2v) is 4.26. The van der Waals surface area contributed by atoms with Gasteiger partial charge in [-0.1, -0.05) is 12.1 Å². The van der Waals surface area contributed by atoms with Crippen molar-refractivity contribution in [1.82, 2.24) is 5.43 Å². The van der Waals surface area contributed by atoms with Crippen LogP contribution in [0.3, 0.4) is 0 Å². The van der Waals surface area contributed by atoms with Crippen LogP contribution in [0.25, 0.3) is 0 Å². The van der Waals surface area contributed by atoms with Gasteiger partial charge in [0.15, 0.2) is 0 Å². The Balaban J connectivity index is 2.37. The zero-order valence-electron chi connectivity index (χ0n) is 11.8. The second kappa shape index (κ2) is 7.93. The molecule has 0 heterocycles. The highest BCUT2D eigenvalue weighted by Gasteiger charge is 2.03. The molecule has 0 bridgehead atoms. The summed E-state index contributed by atoms with van der Waals surface area (Å²) in [6, 6.07) is 7.17. The summed E-state index contributed by atoms with van der Waals surface area (Å²) < 4.78 is 10.0. The predicted octanol–water partition coefficient (Wildman–Crippen LogP) is 2.28. The lowest BCUT2D eigenvalue weighted by Gasteiger charge is -2.05. The molecule has 0 fully saturated rings. The molecule has 0 radical (unpaired) electrons. The summed E-state index contributed by atoms with van der Waals surface area (Å²) in [4.78, 5) is 22.2. The van der Waals surface area contributed by atoms with Crippen LogP contribution < -0.4 is 10.2 Å². The van der Waals surface area contributed by atoms with Crippen LogP contribution in [0.4, 0.5) is 4.79 Å². The predicted molar refractivity (Wildman–Crippen MR) is 74.7 cm³/mol. The zero-order valence-corrected chi connectivity index (χ0v) is 11.8. The summed E-state index contributed by atoms with van der Waals surface area (Å²) in [7, 11) is 1.58. The summed E-state index contributed by atoms with van der Waals surface area (Å²) in [6.45, 7) is 3.25. The van der Waals surface area contributed by atoms with Crippen LogP contribution in [-0.4, -0.2) is 24.7 Å². The molecule has 108 valence electrons. The Kier molecular flexibility index (Phi) is 6.22. The number of nitrogens with one attached hydrogen (secondary N) is 1. The van der Waals surface area contributed by atoms with Crippen molar-refractivity contribution >= 4 is 17.6 Å². The summed E-state index contributed by atoms with van der Waals surface area (Å²) in [5.74, 6) is 0.724. The molecule has 20 heavy (non-hydrogen) atoms. The third kappa shape index (κ3) is 5.99. The number of rotatable bonds is 6. The number of carbonyl (C=O) groups excluding carboxylic acids is 2. The number of Topliss-reactive ketones (excluding diaryl/α,β-unsaturated/α-hetero) is 1. The van der Waals surface area contributed by atoms with Gasteiger partial charge in [-0.3, -0.25) is 4.79 Å². The minimum absolute atomic E-state index is 0.0142. The van der Waals surface area contributed by atoms with Crippen molar-refractivity contribution < 1.29 is 19.1 Å². The Labute approximate surface area is 117 Å². The minimum Gasteiger partial charge on any atom is -0.497 e. The summed E-state index contributed by atoms with van der Waals surface area (Å²) in [6.07, 6.45) is -0.456. The van der Waals surface area contributed by atoms with Crippen molar-refractivity contribution in [3.8, 4) is 5.75 Å². The number of ketones is 1. The number of hydrazone groups is 1. The van der Waals surface area contributed by atoms with Crippen LogP contribution in [0.1, 0.15) is 25.8 Å². The van der Waals surface area contributed by atoms with Crippen molar-refractivity contribution in [1.29, 1.82) is 0 Å². The molecule has 0 unspecified atom stereocenters. The van der Waals surface area contributed by atoms with Crippen molar-refractivity contribution in [3.63, 3.8) is 0 Å². The van der Waals surface area contributed by atoms with E-state index >= 15 is 0 Å². The Morgan fingerprint density at radius 2 is 1.85 bits per heavy atom. The first kappa shape index (κ1) is 15.7. The molecular weight excluding hydrogens is 260 g/mol. The Morgan fingerprint density at radius 3 is 2.40 bits per heavy atom. The van der Waals surface area contributed by atoms with Crippen LogP contribution in [0.2, 0.25) is 0 Å². The van der Waals surface area contributed by atoms with Gasteiger partial charge in [-0.15, -0.1) is 0 Å². The van der Waals surface area contributed by atoms with Crippen LogP contribution in [0, 0.1) is 0 Å². The summed E-state index contributed by atoms with van der Waals surface area (Å²) >= 11 is 0. The van der Waals surface area contributed by atoms with Gasteiger partial charge in [-0.25, -0.2) is 10.2 Å². The minimum atomic E-state index is -0.663. The van der Waals surface area contributed by atoms with Gasteiger partial charge in [0.1, 0.15) is 18.1 Å². The van der Waals surface area contributed by atoms with Gasteiger partial charge in [0.05, 0.1) is 7.11 Å². The fraction of sp³-hybridized carbons (Fsp3) is 0.357. The Hall–Kier alpha value is -2.37. The maximum Gasteiger partial charge on any atom is 0.428 e. The molecule has 0 saturated heterocycles. The molecule has 0 aromatic heterocycles. The fourth-order valence-corrected chi connectivity index (χ4v) is 1.44. The molecular formula is C14H18N2O4. The molecule has 1 amide bonds. The standard InChI is InChI=1S/C14H18N2O4/c1-10(8-11(2)17)15-16-14(18)20-9-12-4-6-13(19-3)7-5-12/h4-7H,8-9H2,1-3H3,(H,16,18)/b15-10+. The maximum absolute atomic E-state index is 11.4. The Bertz CT molecular complexity index is 494. The molecule has 1 rings (SSSR count). The lowest BCUT2D eigenvalue weighted by Crippen LogP contribution is -2.20. The molecule has 0 atom stereocenters. The molecule has 0 spiro atoms. The largest absolute Gasteiger partial charge is 0.497 e. The molecule has 6 heteroatoms. The van der Waals surface area contributed by atoms with E-state index in [0.717, 1.165) is 11.3 Å². The van der Waals surface area contributed by atoms with Crippen LogP contribution >= 0.6 is 0 Å². The normalized spacial score (nSPS) is 10.8. The van der Waals surface area contributed by atoms with E-state index in [1.54, 1.807) is 38.3 Å². The average Bonchev–Trinajstić information content (AvgIpc) is 2.42. The average molecular weight is 278 g/mol. The summed E-state index contributed by atoms with van der Waals surface area (Å²) in [5.41, 5.74) is 3.60. The maximum atomic E-state index is 11.4. The fourth-order valence-electron chi connectivity index (χ4n) is 1.44. The number of hydrogen-bond donors (Lipinski definition) is 1. The van der Waals surface area contributed by atoms with E-state index in [2.05, 4.69) is 10.5 Å². The van der Waals surface area contributed by atoms with E-state index in [4.69, 9.17) is 9.47 Å². The molecule has 6 nitrogen and oxygen atoms in total. The number of nitrogens with zero attached hydrogens (tertiary/aromatic N) is 1. The van der Waals surface area contributed by atoms with E-state index in [0.29, 0.717) is 5.71 Å². The van der Waals surface area contributed by atoms with E-state index in [1.807, 2.05) is 0 Å². The van der Waals surface area contributed by atoms with Crippen LogP contribution in [-0.2, 0) is 16.1 Å². The summed E-state index contributed by atoms with van der Waals surface area (Å²) in [5, 5.41) is 3.76. The van der Waals surface area contributed by atoms with Gasteiger partial charge in [0, 0.05) is 12.1 Å². The Morgan fingerprint density at radius 1 is 1.20 bits per heavy atom. The topological polar surface area (TPSA) is 77.0 Å². The third-order valence-electron chi connectivity index (χ3n) is 2.37. The van der Waals surface area contributed by atoms with Crippen LogP contribution in [0.5, 0.6) is 5.75 Å². The third-order valence-corrected chi connectivity index (χ3v) is 2.37. The van der Waals surface area contributed by atoms with E-state index in [1.165, 1.54) is 6.92 Å². The lowest BCUT2D eigenvalue weighted by atomic mass is 10.2. The quantitative estimate of drug-likeness (QED) is 0.639. The first-order valence-electron chi connectivity index (χ1n) is 6.09. The molecule has 1 aromatic carbocycles. The molecule has 1 N–H and O–H groups in total. The highest BCUT2D eigenvalue weighted by Crippen LogP contribution is 2.11. The smallest absolute Gasteiger partial charge is 0.428 e. The number of ether oxygens (including phenoxy) is 2. The molecule has 0 aliphatic carbocycles. The lowest BCUT2D eigenvalue weighted by molar-refractivity contribution is -0.115. The molecule has 0 saturated carbocycles. The van der Waals surface area contributed by atoms with Gasteiger partial charge >= 0.3 is 6.09 Å². The van der Waals surface area contributed by atoms with Crippen molar-refractivity contribution in [2.45, 2.75) is 26.9 Å². The van der Waals surface area contributed by atoms with Crippen molar-refractivity contribution in [2.24, 2.45) is 5.10 Å². The van der Waals surface area contributed by atoms with Gasteiger partial charge in [0.25, 0.3) is 0 Å². The molecule has 0 aliphatic rings. The number of benzene rings is 1. The molecule has 1 aromatic rings. The monoisotopic (exact) mass is 278 g/mol. The van der Waals surface area contributed by atoms with Gasteiger partial charge in [-0.05, 0) is 31.5 Å². The van der Waals surface area contributed by atoms with E-state index in [-0.39, 0.29) is 18.8 Å². The van der Waals surface area contributed by atoms with Gasteiger partial charge in [-0.2, -0.15) is 5.10 Å². The number of carbonyl (C=O) groups is 2. The SMILES string of the molecule is COc1ccc(COC(=O)N/N=C(\C)CC(C)=O)cc1. The first-order chi connectivity index (χ1) is 9.51. The number of hydrogen-bond acceptors (Lipinski definition) is 5. The molecule has 0 aliphatic heterocycles. The van der Waals surface area contributed by atoms with Gasteiger partial charge in [0.2, 0.25) is 0 Å².